The maximum Gasteiger partial charge on any atom is 0.193 e. The van der Waals surface area contributed by atoms with Crippen LogP contribution in [-0.4, -0.2) is 5.78 Å². The highest BCUT2D eigenvalue weighted by atomic mass is 16.1. The second-order valence-electron chi connectivity index (χ2n) is 11.0. The molecule has 2 heteroatoms. The van der Waals surface area contributed by atoms with Gasteiger partial charge in [-0.3, -0.25) is 4.79 Å². The highest BCUT2D eigenvalue weighted by Gasteiger charge is 2.26. The number of ketones is 1. The van der Waals surface area contributed by atoms with Crippen LogP contribution >= 0.6 is 0 Å². The van der Waals surface area contributed by atoms with Crippen LogP contribution in [0.1, 0.15) is 85.3 Å². The molecule has 0 fully saturated rings. The third kappa shape index (κ3) is 5.55. The van der Waals surface area contributed by atoms with Crippen LogP contribution in [0.15, 0.2) is 60.7 Å². The molecule has 168 valence electrons. The second kappa shape index (κ2) is 9.03. The molecular weight excluding hydrogens is 390 g/mol. The van der Waals surface area contributed by atoms with Crippen LogP contribution in [0, 0.1) is 13.8 Å². The summed E-state index contributed by atoms with van der Waals surface area (Å²) in [4.78, 5) is 13.4. The molecule has 0 saturated heterocycles. The van der Waals surface area contributed by atoms with Crippen molar-refractivity contribution in [3.05, 3.63) is 99.6 Å². The molecule has 0 amide bonds. The van der Waals surface area contributed by atoms with E-state index >= 15 is 0 Å². The van der Waals surface area contributed by atoms with Crippen LogP contribution < -0.4 is 5.32 Å². The van der Waals surface area contributed by atoms with E-state index in [4.69, 9.17) is 0 Å². The molecule has 32 heavy (non-hydrogen) atoms. The lowest BCUT2D eigenvalue weighted by molar-refractivity contribution is -0.588. The van der Waals surface area contributed by atoms with Crippen molar-refractivity contribution in [1.82, 2.24) is 0 Å². The van der Waals surface area contributed by atoms with Gasteiger partial charge in [-0.15, -0.1) is 0 Å². The number of rotatable bonds is 5. The van der Waals surface area contributed by atoms with Crippen LogP contribution in [0.3, 0.4) is 0 Å². The number of nitrogens with two attached hydrogens (primary N) is 1. The number of hydrogen-bond acceptors (Lipinski definition) is 1. The normalized spacial score (nSPS) is 12.1. The van der Waals surface area contributed by atoms with E-state index < -0.39 is 0 Å². The van der Waals surface area contributed by atoms with Gasteiger partial charge >= 0.3 is 0 Å². The van der Waals surface area contributed by atoms with Gasteiger partial charge in [0.25, 0.3) is 0 Å². The Morgan fingerprint density at radius 2 is 1.22 bits per heavy atom. The first-order valence-corrected chi connectivity index (χ1v) is 11.6. The lowest BCUT2D eigenvalue weighted by Crippen LogP contribution is -2.76. The predicted molar refractivity (Wildman–Crippen MR) is 135 cm³/mol. The van der Waals surface area contributed by atoms with Crippen molar-refractivity contribution in [3.63, 3.8) is 0 Å². The molecule has 0 radical (unpaired) electrons. The van der Waals surface area contributed by atoms with Crippen molar-refractivity contribution in [3.8, 4) is 0 Å². The quantitative estimate of drug-likeness (QED) is 0.364. The highest BCUT2D eigenvalue weighted by Crippen LogP contribution is 2.35. The van der Waals surface area contributed by atoms with Gasteiger partial charge in [0.15, 0.2) is 5.78 Å². The van der Waals surface area contributed by atoms with Crippen LogP contribution in [0.2, 0.25) is 0 Å². The number of carbonyl (C=O) groups is 1. The number of quaternary nitrogens is 1. The van der Waals surface area contributed by atoms with Gasteiger partial charge in [-0.25, -0.2) is 0 Å². The van der Waals surface area contributed by atoms with Crippen molar-refractivity contribution in [2.45, 2.75) is 72.8 Å². The number of carbonyl (C=O) groups excluding carboxylic acids is 1. The minimum absolute atomic E-state index is 0.0187. The maximum absolute atomic E-state index is 13.4. The largest absolute Gasteiger partial charge is 0.310 e. The summed E-state index contributed by atoms with van der Waals surface area (Å²) < 4.78 is 0. The summed E-state index contributed by atoms with van der Waals surface area (Å²) in [6.07, 6.45) is 0. The predicted octanol–water partition coefficient (Wildman–Crippen LogP) is 6.52. The van der Waals surface area contributed by atoms with Crippen LogP contribution in [0.25, 0.3) is 0 Å². The second-order valence-corrected chi connectivity index (χ2v) is 11.0. The van der Waals surface area contributed by atoms with Crippen molar-refractivity contribution < 1.29 is 10.1 Å². The zero-order valence-electron chi connectivity index (χ0n) is 21.0. The molecule has 2 nitrogen and oxygen atoms in total. The fraction of sp³-hybridized carbons (Fsp3) is 0.367. The summed E-state index contributed by atoms with van der Waals surface area (Å²) in [5.41, 5.74) is 8.97. The molecule has 0 bridgehead atoms. The average Bonchev–Trinajstić information content (AvgIpc) is 2.72. The molecular formula is C30H38NO+. The van der Waals surface area contributed by atoms with E-state index in [1.54, 1.807) is 0 Å². The van der Waals surface area contributed by atoms with Crippen molar-refractivity contribution in [2.75, 3.05) is 0 Å². The van der Waals surface area contributed by atoms with E-state index in [0.29, 0.717) is 0 Å². The molecule has 0 atom stereocenters. The summed E-state index contributed by atoms with van der Waals surface area (Å²) in [6.45, 7) is 18.5. The maximum atomic E-state index is 13.4. The summed E-state index contributed by atoms with van der Waals surface area (Å²) in [5.74, 6) is 0.0890. The lowest BCUT2D eigenvalue weighted by Gasteiger charge is -2.29. The van der Waals surface area contributed by atoms with E-state index in [-0.39, 0.29) is 16.6 Å². The molecule has 3 rings (SSSR count). The molecule has 0 aliphatic heterocycles. The third-order valence-corrected chi connectivity index (χ3v) is 6.15. The SMILES string of the molecule is Cc1ccc(C[NH2+]c2ccc(C(=O)c3cc(C(C)(C)C)c(C)c(C(C)(C)C)c3)cc2)cc1. The number of aryl methyl sites for hydroxylation is 1. The fourth-order valence-electron chi connectivity index (χ4n) is 4.30. The zero-order valence-corrected chi connectivity index (χ0v) is 21.0. The van der Waals surface area contributed by atoms with Crippen molar-refractivity contribution >= 4 is 11.5 Å². The third-order valence-electron chi connectivity index (χ3n) is 6.15. The molecule has 2 N–H and O–H groups in total. The Kier molecular flexibility index (Phi) is 6.76. The summed E-state index contributed by atoms with van der Waals surface area (Å²) >= 11 is 0. The Labute approximate surface area is 194 Å². The van der Waals surface area contributed by atoms with Crippen LogP contribution in [0.4, 0.5) is 5.69 Å². The van der Waals surface area contributed by atoms with Gasteiger partial charge in [0.2, 0.25) is 0 Å². The Morgan fingerprint density at radius 3 is 1.69 bits per heavy atom. The van der Waals surface area contributed by atoms with Crippen LogP contribution in [0.5, 0.6) is 0 Å². The van der Waals surface area contributed by atoms with Gasteiger partial charge in [0, 0.05) is 16.7 Å². The van der Waals surface area contributed by atoms with Gasteiger partial charge in [0.05, 0.1) is 0 Å². The molecule has 0 aliphatic carbocycles. The van der Waals surface area contributed by atoms with Gasteiger partial charge < -0.3 is 5.32 Å². The molecule has 0 unspecified atom stereocenters. The monoisotopic (exact) mass is 428 g/mol. The first kappa shape index (κ1) is 23.9. The van der Waals surface area contributed by atoms with Gasteiger partial charge in [-0.2, -0.15) is 0 Å². The standard InChI is InChI=1S/C30H37NO/c1-20-9-11-22(12-10-20)19-31-25-15-13-23(14-16-25)28(32)24-17-26(29(3,4)5)21(2)27(18-24)30(6,7)8/h9-18,31H,19H2,1-8H3/p+1. The topological polar surface area (TPSA) is 33.7 Å². The highest BCUT2D eigenvalue weighted by molar-refractivity contribution is 6.09. The molecule has 0 aliphatic rings. The molecule has 0 saturated carbocycles. The van der Waals surface area contributed by atoms with E-state index in [0.717, 1.165) is 23.4 Å². The molecule has 3 aromatic rings. The Bertz CT molecular complexity index is 1060. The zero-order chi connectivity index (χ0) is 23.7. The molecule has 0 spiro atoms. The lowest BCUT2D eigenvalue weighted by atomic mass is 9.75. The van der Waals surface area contributed by atoms with E-state index in [1.807, 2.05) is 24.3 Å². The van der Waals surface area contributed by atoms with E-state index in [2.05, 4.69) is 97.1 Å². The smallest absolute Gasteiger partial charge is 0.193 e. The van der Waals surface area contributed by atoms with Crippen molar-refractivity contribution in [2.24, 2.45) is 0 Å². The molecule has 3 aromatic carbocycles. The first-order valence-electron chi connectivity index (χ1n) is 11.6. The number of hydrogen-bond donors (Lipinski definition) is 1. The number of benzene rings is 3. The first-order chi connectivity index (χ1) is 14.9. The molecule has 0 aromatic heterocycles. The van der Waals surface area contributed by atoms with Crippen molar-refractivity contribution in [1.29, 1.82) is 0 Å². The molecule has 0 heterocycles. The van der Waals surface area contributed by atoms with Gasteiger partial charge in [-0.1, -0.05) is 71.4 Å². The average molecular weight is 429 g/mol. The van der Waals surface area contributed by atoms with E-state index in [9.17, 15) is 4.79 Å². The Balaban J connectivity index is 1.86. The van der Waals surface area contributed by atoms with Gasteiger partial charge in [0.1, 0.15) is 12.2 Å². The van der Waals surface area contributed by atoms with Crippen LogP contribution in [-0.2, 0) is 17.4 Å². The Morgan fingerprint density at radius 1 is 0.719 bits per heavy atom. The van der Waals surface area contributed by atoms with E-state index in [1.165, 1.54) is 27.8 Å². The summed E-state index contributed by atoms with van der Waals surface area (Å²) in [6, 6.07) is 20.8. The Hall–Kier alpha value is -2.71. The summed E-state index contributed by atoms with van der Waals surface area (Å²) in [7, 11) is 0. The summed E-state index contributed by atoms with van der Waals surface area (Å²) in [5, 5.41) is 2.21. The minimum Gasteiger partial charge on any atom is -0.310 e. The fourth-order valence-corrected chi connectivity index (χ4v) is 4.30. The minimum atomic E-state index is -0.0187. The van der Waals surface area contributed by atoms with Gasteiger partial charge in [-0.05, 0) is 77.8 Å².